The molecular formula is C15H17F3O3. The lowest BCUT2D eigenvalue weighted by Crippen LogP contribution is -2.39. The predicted molar refractivity (Wildman–Crippen MR) is 70.9 cm³/mol. The maximum absolute atomic E-state index is 12.2. The van der Waals surface area contributed by atoms with Crippen LogP contribution in [0.5, 0.6) is 11.5 Å². The Morgan fingerprint density at radius 1 is 1.38 bits per heavy atom. The van der Waals surface area contributed by atoms with Gasteiger partial charge in [0.05, 0.1) is 19.1 Å². The summed E-state index contributed by atoms with van der Waals surface area (Å²) in [7, 11) is 1.49. The lowest BCUT2D eigenvalue weighted by atomic mass is 9.87. The van der Waals surface area contributed by atoms with Crippen molar-refractivity contribution in [3.63, 3.8) is 0 Å². The molecule has 21 heavy (non-hydrogen) atoms. The van der Waals surface area contributed by atoms with Gasteiger partial charge in [-0.1, -0.05) is 0 Å². The van der Waals surface area contributed by atoms with E-state index in [2.05, 4.69) is 0 Å². The normalized spacial score (nSPS) is 21.7. The minimum absolute atomic E-state index is 0.0629. The van der Waals surface area contributed by atoms with Crippen molar-refractivity contribution in [3.05, 3.63) is 23.8 Å². The van der Waals surface area contributed by atoms with Crippen molar-refractivity contribution in [2.24, 2.45) is 0 Å². The maximum atomic E-state index is 12.2. The molecule has 1 aliphatic heterocycles. The second-order valence-corrected chi connectivity index (χ2v) is 5.48. The van der Waals surface area contributed by atoms with Crippen LogP contribution < -0.4 is 9.47 Å². The number of hydrogen-bond acceptors (Lipinski definition) is 3. The van der Waals surface area contributed by atoms with Crippen molar-refractivity contribution < 1.29 is 27.4 Å². The summed E-state index contributed by atoms with van der Waals surface area (Å²) >= 11 is 0. The molecule has 3 nitrogen and oxygen atoms in total. The summed E-state index contributed by atoms with van der Waals surface area (Å²) in [4.78, 5) is 12.1. The predicted octanol–water partition coefficient (Wildman–Crippen LogP) is 4.15. The molecule has 0 N–H and O–H groups in total. The zero-order chi connectivity index (χ0) is 15.7. The van der Waals surface area contributed by atoms with Crippen LogP contribution in [0.1, 0.15) is 43.0 Å². The van der Waals surface area contributed by atoms with Crippen molar-refractivity contribution in [1.29, 1.82) is 0 Å². The van der Waals surface area contributed by atoms with E-state index in [9.17, 15) is 18.0 Å². The van der Waals surface area contributed by atoms with Crippen molar-refractivity contribution in [1.82, 2.24) is 0 Å². The molecule has 0 bridgehead atoms. The van der Waals surface area contributed by atoms with Crippen LogP contribution in [0.2, 0.25) is 0 Å². The molecule has 0 saturated carbocycles. The van der Waals surface area contributed by atoms with E-state index < -0.39 is 18.2 Å². The summed E-state index contributed by atoms with van der Waals surface area (Å²) in [5, 5.41) is 0. The molecule has 2 rings (SSSR count). The van der Waals surface area contributed by atoms with Crippen LogP contribution in [0.4, 0.5) is 13.2 Å². The van der Waals surface area contributed by atoms with Gasteiger partial charge in [0.25, 0.3) is 0 Å². The summed E-state index contributed by atoms with van der Waals surface area (Å²) in [5.74, 6) is 0.801. The monoisotopic (exact) mass is 302 g/mol. The van der Waals surface area contributed by atoms with Crippen LogP contribution >= 0.6 is 0 Å². The maximum Gasteiger partial charge on any atom is 0.389 e. The first-order chi connectivity index (χ1) is 9.72. The number of halogens is 3. The van der Waals surface area contributed by atoms with Gasteiger partial charge in [-0.3, -0.25) is 4.79 Å². The van der Waals surface area contributed by atoms with Crippen LogP contribution in [0.25, 0.3) is 0 Å². The van der Waals surface area contributed by atoms with E-state index in [1.807, 2.05) is 0 Å². The molecule has 0 aromatic heterocycles. The molecule has 1 aromatic rings. The Balaban J connectivity index is 2.12. The summed E-state index contributed by atoms with van der Waals surface area (Å²) in [6.45, 7) is 1.67. The quantitative estimate of drug-likeness (QED) is 0.838. The number of carbonyl (C=O) groups excluding carboxylic acids is 1. The van der Waals surface area contributed by atoms with E-state index in [4.69, 9.17) is 9.47 Å². The first kappa shape index (κ1) is 15.7. The molecular weight excluding hydrogens is 285 g/mol. The van der Waals surface area contributed by atoms with Crippen LogP contribution in [-0.2, 0) is 0 Å². The van der Waals surface area contributed by atoms with Crippen molar-refractivity contribution in [2.75, 3.05) is 7.11 Å². The van der Waals surface area contributed by atoms with Gasteiger partial charge < -0.3 is 9.47 Å². The van der Waals surface area contributed by atoms with Gasteiger partial charge in [-0.2, -0.15) is 13.2 Å². The van der Waals surface area contributed by atoms with Crippen molar-refractivity contribution in [3.8, 4) is 11.5 Å². The first-order valence-electron chi connectivity index (χ1n) is 6.69. The van der Waals surface area contributed by atoms with Gasteiger partial charge in [0.15, 0.2) is 5.78 Å². The van der Waals surface area contributed by atoms with E-state index in [0.29, 0.717) is 17.1 Å². The Hall–Kier alpha value is -1.72. The zero-order valence-electron chi connectivity index (χ0n) is 11.9. The highest BCUT2D eigenvalue weighted by atomic mass is 19.4. The molecule has 1 heterocycles. The minimum atomic E-state index is -4.18. The number of ketones is 1. The molecule has 116 valence electrons. The lowest BCUT2D eigenvalue weighted by molar-refractivity contribution is -0.137. The van der Waals surface area contributed by atoms with Gasteiger partial charge in [0, 0.05) is 12.5 Å². The highest BCUT2D eigenvalue weighted by Crippen LogP contribution is 2.38. The Morgan fingerprint density at radius 3 is 2.71 bits per heavy atom. The van der Waals surface area contributed by atoms with Crippen LogP contribution in [0, 0.1) is 0 Å². The average molecular weight is 302 g/mol. The van der Waals surface area contributed by atoms with Gasteiger partial charge in [0.1, 0.15) is 17.1 Å². The van der Waals surface area contributed by atoms with Gasteiger partial charge in [-0.05, 0) is 31.9 Å². The summed E-state index contributed by atoms with van der Waals surface area (Å²) in [6.07, 6.45) is -4.85. The molecule has 1 aliphatic rings. The molecule has 0 spiro atoms. The van der Waals surface area contributed by atoms with Gasteiger partial charge in [-0.15, -0.1) is 0 Å². The summed E-state index contributed by atoms with van der Waals surface area (Å²) in [6, 6.07) is 4.87. The topological polar surface area (TPSA) is 35.5 Å². The molecule has 0 radical (unpaired) electrons. The molecule has 6 heteroatoms. The Bertz CT molecular complexity index is 539. The van der Waals surface area contributed by atoms with Crippen molar-refractivity contribution >= 4 is 5.78 Å². The second kappa shape index (κ2) is 5.58. The Labute approximate surface area is 121 Å². The number of hydrogen-bond donors (Lipinski definition) is 0. The largest absolute Gasteiger partial charge is 0.497 e. The van der Waals surface area contributed by atoms with Crippen LogP contribution in [0.3, 0.4) is 0 Å². The number of alkyl halides is 3. The third-order valence-corrected chi connectivity index (χ3v) is 3.55. The molecule has 1 aromatic carbocycles. The van der Waals surface area contributed by atoms with Gasteiger partial charge in [-0.25, -0.2) is 0 Å². The first-order valence-corrected chi connectivity index (χ1v) is 6.69. The fourth-order valence-corrected chi connectivity index (χ4v) is 2.48. The van der Waals surface area contributed by atoms with Crippen LogP contribution in [-0.4, -0.2) is 24.7 Å². The number of ether oxygens (including phenoxy) is 2. The highest BCUT2D eigenvalue weighted by Gasteiger charge is 2.37. The molecule has 0 aliphatic carbocycles. The van der Waals surface area contributed by atoms with Gasteiger partial charge >= 0.3 is 6.18 Å². The number of carbonyl (C=O) groups is 1. The van der Waals surface area contributed by atoms with Crippen molar-refractivity contribution in [2.45, 2.75) is 44.4 Å². The molecule has 1 unspecified atom stereocenters. The zero-order valence-corrected chi connectivity index (χ0v) is 11.9. The van der Waals surface area contributed by atoms with Gasteiger partial charge in [0.2, 0.25) is 0 Å². The average Bonchev–Trinajstić information content (AvgIpc) is 2.35. The van der Waals surface area contributed by atoms with Crippen LogP contribution in [0.15, 0.2) is 18.2 Å². The molecule has 0 amide bonds. The second-order valence-electron chi connectivity index (χ2n) is 5.48. The summed E-state index contributed by atoms with van der Waals surface area (Å²) in [5.41, 5.74) is -0.453. The fraction of sp³-hybridized carbons (Fsp3) is 0.533. The number of fused-ring (bicyclic) bond motifs is 1. The fourth-order valence-electron chi connectivity index (χ4n) is 2.48. The number of benzene rings is 1. The molecule has 1 atom stereocenters. The SMILES string of the molecule is COc1ccc2c(c1)OC(C)(CCCC(F)(F)F)CC2=O. The standard InChI is InChI=1S/C15H17F3O3/c1-14(6-3-7-15(16,17)18)9-12(19)11-5-4-10(20-2)8-13(11)21-14/h4-5,8H,3,6-7,9H2,1-2H3. The third kappa shape index (κ3) is 3.89. The van der Waals surface area contributed by atoms with E-state index in [1.54, 1.807) is 25.1 Å². The Kier molecular flexibility index (Phi) is 4.16. The number of Topliss-reactive ketones (excluding diaryl/α,β-unsaturated/α-hetero) is 1. The van der Waals surface area contributed by atoms with E-state index in [1.165, 1.54) is 7.11 Å². The Morgan fingerprint density at radius 2 is 2.10 bits per heavy atom. The molecule has 0 saturated heterocycles. The lowest BCUT2D eigenvalue weighted by Gasteiger charge is -2.35. The minimum Gasteiger partial charge on any atom is -0.497 e. The smallest absolute Gasteiger partial charge is 0.389 e. The van der Waals surface area contributed by atoms with E-state index in [-0.39, 0.29) is 25.0 Å². The highest BCUT2D eigenvalue weighted by molar-refractivity contribution is 6.00. The van der Waals surface area contributed by atoms with E-state index >= 15 is 0 Å². The third-order valence-electron chi connectivity index (χ3n) is 3.55. The molecule has 0 fully saturated rings. The van der Waals surface area contributed by atoms with E-state index in [0.717, 1.165) is 0 Å². The number of methoxy groups -OCH3 is 1. The summed E-state index contributed by atoms with van der Waals surface area (Å²) < 4.78 is 47.5. The number of rotatable bonds is 4.